The van der Waals surface area contributed by atoms with E-state index in [-0.39, 0.29) is 16.9 Å². The van der Waals surface area contributed by atoms with E-state index in [9.17, 15) is 20.4 Å². The van der Waals surface area contributed by atoms with Crippen molar-refractivity contribution in [2.45, 2.75) is 135 Å². The molecule has 2 saturated heterocycles. The highest BCUT2D eigenvalue weighted by atomic mass is 17.2. The van der Waals surface area contributed by atoms with Gasteiger partial charge in [0.1, 0.15) is 35.6 Å². The van der Waals surface area contributed by atoms with E-state index in [1.807, 2.05) is 0 Å². The normalized spacial score (nSPS) is 53.2. The van der Waals surface area contributed by atoms with Crippen molar-refractivity contribution in [3.8, 4) is 0 Å². The van der Waals surface area contributed by atoms with Crippen molar-refractivity contribution in [1.82, 2.24) is 0 Å². The first kappa shape index (κ1) is 31.2. The molecule has 8 nitrogen and oxygen atoms in total. The minimum absolute atomic E-state index is 0.118. The van der Waals surface area contributed by atoms with Crippen LogP contribution in [0.5, 0.6) is 0 Å². The lowest BCUT2D eigenvalue weighted by Crippen LogP contribution is -2.73. The zero-order valence-electron chi connectivity index (χ0n) is 26.3. The number of allylic oxidation sites excluding steroid dienone is 2. The Hall–Kier alpha value is -0.840. The number of hydrogen-bond donors (Lipinski definition) is 4. The van der Waals surface area contributed by atoms with Crippen molar-refractivity contribution < 1.29 is 39.7 Å². The van der Waals surface area contributed by atoms with E-state index < -0.39 is 48.5 Å². The van der Waals surface area contributed by atoms with Crippen molar-refractivity contribution in [2.24, 2.45) is 46.3 Å². The Balaban J connectivity index is 1.21. The van der Waals surface area contributed by atoms with Gasteiger partial charge in [-0.25, -0.2) is 9.78 Å². The summed E-state index contributed by atoms with van der Waals surface area (Å²) in [5.74, 6) is 3.12. The summed E-state index contributed by atoms with van der Waals surface area (Å²) < 4.78 is 11.9. The molecule has 0 aromatic carbocycles. The molecule has 0 aromatic heterocycles. The second kappa shape index (κ2) is 10.9. The predicted molar refractivity (Wildman–Crippen MR) is 157 cm³/mol. The number of rotatable bonds is 7. The quantitative estimate of drug-likeness (QED) is 0.256. The molecule has 11 unspecified atom stereocenters. The maximum atomic E-state index is 10.6. The van der Waals surface area contributed by atoms with Gasteiger partial charge in [-0.15, -0.1) is 0 Å². The molecule has 4 aliphatic carbocycles. The van der Waals surface area contributed by atoms with Crippen LogP contribution in [-0.4, -0.2) is 75.0 Å². The van der Waals surface area contributed by atoms with E-state index in [4.69, 9.17) is 19.2 Å². The average molecular weight is 591 g/mol. The third kappa shape index (κ3) is 4.45. The van der Waals surface area contributed by atoms with E-state index in [1.54, 1.807) is 0 Å². The van der Waals surface area contributed by atoms with Crippen LogP contribution in [0.4, 0.5) is 0 Å². The Kier molecular flexibility index (Phi) is 8.09. The maximum absolute atomic E-state index is 10.6. The molecule has 15 atom stereocenters. The topological polar surface area (TPSA) is 118 Å². The van der Waals surface area contributed by atoms with Gasteiger partial charge in [0.15, 0.2) is 6.29 Å². The van der Waals surface area contributed by atoms with Crippen LogP contribution in [-0.2, 0) is 19.2 Å². The third-order valence-corrected chi connectivity index (χ3v) is 13.3. The molecule has 3 aliphatic heterocycles. The van der Waals surface area contributed by atoms with Crippen LogP contribution in [0.15, 0.2) is 24.3 Å². The summed E-state index contributed by atoms with van der Waals surface area (Å²) in [6, 6.07) is 0. The smallest absolute Gasteiger partial charge is 0.186 e. The van der Waals surface area contributed by atoms with Crippen molar-refractivity contribution in [3.05, 3.63) is 24.3 Å². The van der Waals surface area contributed by atoms with Gasteiger partial charge in [-0.3, -0.25) is 0 Å². The first-order chi connectivity index (χ1) is 19.8. The molecule has 0 amide bonds. The Morgan fingerprint density at radius 2 is 1.64 bits per heavy atom. The van der Waals surface area contributed by atoms with Crippen LogP contribution in [0.3, 0.4) is 0 Å². The first-order valence-electron chi connectivity index (χ1n) is 16.5. The van der Waals surface area contributed by atoms with Gasteiger partial charge in [0.2, 0.25) is 0 Å². The van der Waals surface area contributed by atoms with Gasteiger partial charge in [0.05, 0.1) is 12.7 Å². The van der Waals surface area contributed by atoms with E-state index in [0.717, 1.165) is 25.7 Å². The standard InChI is InChI=1S/C34H54O8/c1-19(2)20(3)7-8-21(4)23-9-10-25-31(23,5)13-12-26-32(6)14-11-22(17-33(32)15-16-34(25,26)42-41-33)39-30-29(38)28(37)27(36)24(18-35)40-30/h7-8,15-16,19-30,35-38H,9-14,17-18H2,1-6H3/t20?,21?,22?,23?,24?,25?,26?,27?,28?,29?,30?,31-,32-,33-,34+/m1/s1. The fourth-order valence-electron chi connectivity index (χ4n) is 10.2. The molecule has 0 aromatic rings. The molecule has 7 rings (SSSR count). The SMILES string of the molecule is CC(C)C(C)C=CC(C)C1CCC2[C@]1(C)CCC1[C@]23C=C[C@]2(CC(OC4OC(CO)C(O)C(O)C4O)CC[C@]12C)OO3. The molecular weight excluding hydrogens is 536 g/mol. The Morgan fingerprint density at radius 1 is 0.881 bits per heavy atom. The molecule has 4 N–H and O–H groups in total. The summed E-state index contributed by atoms with van der Waals surface area (Å²) in [5.41, 5.74) is -0.998. The van der Waals surface area contributed by atoms with E-state index in [0.29, 0.717) is 41.9 Å². The number of hydrogen-bond acceptors (Lipinski definition) is 8. The van der Waals surface area contributed by atoms with Crippen LogP contribution in [0.1, 0.15) is 86.5 Å². The monoisotopic (exact) mass is 590 g/mol. The summed E-state index contributed by atoms with van der Waals surface area (Å²) in [4.78, 5) is 13.1. The molecule has 238 valence electrons. The summed E-state index contributed by atoms with van der Waals surface area (Å²) in [7, 11) is 0. The summed E-state index contributed by atoms with van der Waals surface area (Å²) in [6.07, 6.45) is 9.63. The minimum atomic E-state index is -1.46. The largest absolute Gasteiger partial charge is 0.394 e. The summed E-state index contributed by atoms with van der Waals surface area (Å²) in [5, 5.41) is 40.6. The predicted octanol–water partition coefficient (Wildman–Crippen LogP) is 4.30. The summed E-state index contributed by atoms with van der Waals surface area (Å²) in [6.45, 7) is 13.7. The van der Waals surface area contributed by atoms with Crippen LogP contribution in [0.2, 0.25) is 0 Å². The van der Waals surface area contributed by atoms with Gasteiger partial charge in [-0.1, -0.05) is 59.8 Å². The highest BCUT2D eigenvalue weighted by Crippen LogP contribution is 2.73. The number of ether oxygens (including phenoxy) is 2. The molecular formula is C34H54O8. The highest BCUT2D eigenvalue weighted by Gasteiger charge is 2.74. The zero-order chi connectivity index (χ0) is 30.2. The number of aliphatic hydroxyl groups is 4. The van der Waals surface area contributed by atoms with Gasteiger partial charge in [0, 0.05) is 23.7 Å². The molecule has 5 fully saturated rings. The second-order valence-corrected chi connectivity index (χ2v) is 15.5. The van der Waals surface area contributed by atoms with Crippen molar-refractivity contribution in [1.29, 1.82) is 0 Å². The fraction of sp³-hybridized carbons (Fsp3) is 0.882. The van der Waals surface area contributed by atoms with Crippen LogP contribution in [0, 0.1) is 46.3 Å². The Morgan fingerprint density at radius 3 is 2.31 bits per heavy atom. The number of aliphatic hydroxyl groups excluding tert-OH is 4. The van der Waals surface area contributed by atoms with Crippen molar-refractivity contribution in [3.63, 3.8) is 0 Å². The van der Waals surface area contributed by atoms with Gasteiger partial charge < -0.3 is 29.9 Å². The fourth-order valence-corrected chi connectivity index (χ4v) is 10.2. The molecule has 0 radical (unpaired) electrons. The highest BCUT2D eigenvalue weighted by molar-refractivity contribution is 5.33. The van der Waals surface area contributed by atoms with Crippen LogP contribution < -0.4 is 0 Å². The van der Waals surface area contributed by atoms with Gasteiger partial charge in [-0.2, -0.15) is 0 Å². The molecule has 2 bridgehead atoms. The van der Waals surface area contributed by atoms with Crippen LogP contribution >= 0.6 is 0 Å². The molecule has 8 heteroatoms. The Bertz CT molecular complexity index is 1060. The molecule has 2 spiro atoms. The molecule has 7 aliphatic rings. The van der Waals surface area contributed by atoms with E-state index in [2.05, 4.69) is 65.8 Å². The van der Waals surface area contributed by atoms with Gasteiger partial charge in [0.25, 0.3) is 0 Å². The van der Waals surface area contributed by atoms with Gasteiger partial charge >= 0.3 is 0 Å². The van der Waals surface area contributed by atoms with Gasteiger partial charge in [-0.05, 0) is 73.7 Å². The maximum Gasteiger partial charge on any atom is 0.186 e. The molecule has 3 heterocycles. The third-order valence-electron chi connectivity index (χ3n) is 13.3. The Labute approximate surface area is 251 Å². The second-order valence-electron chi connectivity index (χ2n) is 15.5. The van der Waals surface area contributed by atoms with Crippen molar-refractivity contribution >= 4 is 0 Å². The zero-order valence-corrected chi connectivity index (χ0v) is 26.3. The molecule has 3 saturated carbocycles. The van der Waals surface area contributed by atoms with E-state index >= 15 is 0 Å². The molecule has 42 heavy (non-hydrogen) atoms. The van der Waals surface area contributed by atoms with Crippen molar-refractivity contribution in [2.75, 3.05) is 6.61 Å². The van der Waals surface area contributed by atoms with Crippen LogP contribution in [0.25, 0.3) is 0 Å². The first-order valence-corrected chi connectivity index (χ1v) is 16.5. The lowest BCUT2D eigenvalue weighted by atomic mass is 9.42. The number of fused-ring (bicyclic) bond motifs is 2. The lowest BCUT2D eigenvalue weighted by Gasteiger charge is -2.69. The van der Waals surface area contributed by atoms with E-state index in [1.165, 1.54) is 12.8 Å². The average Bonchev–Trinajstić information content (AvgIpc) is 3.33. The minimum Gasteiger partial charge on any atom is -0.394 e. The lowest BCUT2D eigenvalue weighted by molar-refractivity contribution is -0.499. The summed E-state index contributed by atoms with van der Waals surface area (Å²) >= 11 is 0.